The fraction of sp³-hybridized carbons (Fsp3) is 0.500. The molecule has 7 heteroatoms. The molecule has 2 aliphatic heterocycles. The number of likely N-dealkylation sites (tertiary alicyclic amines) is 1. The van der Waals surface area contributed by atoms with Gasteiger partial charge in [0.2, 0.25) is 11.8 Å². The maximum Gasteiger partial charge on any atom is 0.223 e. The third-order valence-electron chi connectivity index (χ3n) is 5.90. The normalized spacial score (nSPS) is 19.0. The van der Waals surface area contributed by atoms with Gasteiger partial charge in [0.1, 0.15) is 0 Å². The van der Waals surface area contributed by atoms with Crippen molar-refractivity contribution < 1.29 is 9.59 Å². The van der Waals surface area contributed by atoms with Gasteiger partial charge in [0.25, 0.3) is 0 Å². The molecule has 4 rings (SSSR count). The molecule has 0 bridgehead atoms. The number of pyridine rings is 1. The molecule has 2 aromatic rings. The zero-order valence-corrected chi connectivity index (χ0v) is 16.9. The maximum absolute atomic E-state index is 13.0. The van der Waals surface area contributed by atoms with Gasteiger partial charge in [0.05, 0.1) is 11.7 Å². The summed E-state index contributed by atoms with van der Waals surface area (Å²) in [7, 11) is 0. The molecule has 1 saturated heterocycles. The smallest absolute Gasteiger partial charge is 0.223 e. The van der Waals surface area contributed by atoms with Gasteiger partial charge in [-0.3, -0.25) is 14.6 Å². The van der Waals surface area contributed by atoms with Gasteiger partial charge in [0.15, 0.2) is 5.82 Å². The minimum atomic E-state index is -0.0511. The lowest BCUT2D eigenvalue weighted by Gasteiger charge is -2.35. The number of aryl methyl sites for hydroxylation is 1. The number of amides is 2. The number of aromatic nitrogens is 3. The Morgan fingerprint density at radius 2 is 2.00 bits per heavy atom. The minimum Gasteiger partial charge on any atom is -0.338 e. The van der Waals surface area contributed by atoms with Crippen LogP contribution in [0, 0.1) is 0 Å². The standard InChI is InChI=1S/C22H27N5O2/c1-16(28)26-13-9-19-18(15-26)14-24-22(25-19)20-4-2-3-12-27(20)21(29)6-5-17-7-10-23-11-8-17/h7-8,10-11,14,20H,2-6,9,12-13,15H2,1H3/t20-/m1/s1. The van der Waals surface area contributed by atoms with Gasteiger partial charge in [-0.15, -0.1) is 0 Å². The lowest BCUT2D eigenvalue weighted by atomic mass is 9.99. The van der Waals surface area contributed by atoms with E-state index in [-0.39, 0.29) is 17.9 Å². The summed E-state index contributed by atoms with van der Waals surface area (Å²) in [6.07, 6.45) is 10.3. The van der Waals surface area contributed by atoms with E-state index in [1.54, 1.807) is 19.3 Å². The average Bonchev–Trinajstić information content (AvgIpc) is 2.77. The van der Waals surface area contributed by atoms with Crippen LogP contribution in [-0.4, -0.2) is 49.7 Å². The third-order valence-corrected chi connectivity index (χ3v) is 5.90. The first kappa shape index (κ1) is 19.5. The first-order chi connectivity index (χ1) is 14.1. The highest BCUT2D eigenvalue weighted by Gasteiger charge is 2.31. The highest BCUT2D eigenvalue weighted by Crippen LogP contribution is 2.30. The molecule has 2 aromatic heterocycles. The van der Waals surface area contributed by atoms with Gasteiger partial charge in [0, 0.05) is 63.6 Å². The van der Waals surface area contributed by atoms with Crippen molar-refractivity contribution in [1.82, 2.24) is 24.8 Å². The van der Waals surface area contributed by atoms with Gasteiger partial charge in [-0.05, 0) is 43.4 Å². The molecule has 1 fully saturated rings. The SMILES string of the molecule is CC(=O)N1CCc2nc([C@H]3CCCCN3C(=O)CCc3ccncc3)ncc2C1. The number of hydrogen-bond acceptors (Lipinski definition) is 5. The summed E-state index contributed by atoms with van der Waals surface area (Å²) >= 11 is 0. The van der Waals surface area contributed by atoms with Crippen molar-refractivity contribution >= 4 is 11.8 Å². The van der Waals surface area contributed by atoms with Crippen molar-refractivity contribution in [2.45, 2.75) is 58.0 Å². The van der Waals surface area contributed by atoms with E-state index < -0.39 is 0 Å². The first-order valence-corrected chi connectivity index (χ1v) is 10.4. The van der Waals surface area contributed by atoms with E-state index in [2.05, 4.69) is 9.97 Å². The molecule has 1 atom stereocenters. The zero-order chi connectivity index (χ0) is 20.2. The Balaban J connectivity index is 1.47. The summed E-state index contributed by atoms with van der Waals surface area (Å²) in [5.41, 5.74) is 3.16. The highest BCUT2D eigenvalue weighted by atomic mass is 16.2. The molecule has 152 valence electrons. The fourth-order valence-corrected chi connectivity index (χ4v) is 4.20. The Kier molecular flexibility index (Phi) is 5.83. The summed E-state index contributed by atoms with van der Waals surface area (Å²) in [5, 5.41) is 0. The topological polar surface area (TPSA) is 79.3 Å². The lowest BCUT2D eigenvalue weighted by Crippen LogP contribution is -2.40. The third kappa shape index (κ3) is 4.44. The van der Waals surface area contributed by atoms with Crippen molar-refractivity contribution in [2.75, 3.05) is 13.1 Å². The van der Waals surface area contributed by atoms with Crippen molar-refractivity contribution in [1.29, 1.82) is 0 Å². The second-order valence-electron chi connectivity index (χ2n) is 7.84. The molecule has 0 N–H and O–H groups in total. The summed E-state index contributed by atoms with van der Waals surface area (Å²) in [5.74, 6) is 0.991. The van der Waals surface area contributed by atoms with Gasteiger partial charge in [-0.1, -0.05) is 0 Å². The van der Waals surface area contributed by atoms with Crippen LogP contribution in [-0.2, 0) is 29.0 Å². The van der Waals surface area contributed by atoms with Gasteiger partial charge in [-0.2, -0.15) is 0 Å². The molecule has 0 saturated carbocycles. The molecule has 0 unspecified atom stereocenters. The summed E-state index contributed by atoms with van der Waals surface area (Å²) < 4.78 is 0. The number of piperidine rings is 1. The molecular formula is C22H27N5O2. The number of fused-ring (bicyclic) bond motifs is 1. The van der Waals surface area contributed by atoms with Crippen LogP contribution in [0.5, 0.6) is 0 Å². The number of carbonyl (C=O) groups excluding carboxylic acids is 2. The van der Waals surface area contributed by atoms with E-state index >= 15 is 0 Å². The van der Waals surface area contributed by atoms with E-state index in [4.69, 9.17) is 4.98 Å². The Labute approximate surface area is 171 Å². The van der Waals surface area contributed by atoms with Crippen LogP contribution in [0.1, 0.15) is 61.3 Å². The molecule has 0 aromatic carbocycles. The molecule has 7 nitrogen and oxygen atoms in total. The lowest BCUT2D eigenvalue weighted by molar-refractivity contribution is -0.135. The van der Waals surface area contributed by atoms with Crippen molar-refractivity contribution in [2.24, 2.45) is 0 Å². The molecule has 2 amide bonds. The monoisotopic (exact) mass is 393 g/mol. The molecule has 2 aliphatic rings. The van der Waals surface area contributed by atoms with Crippen LogP contribution < -0.4 is 0 Å². The zero-order valence-electron chi connectivity index (χ0n) is 16.9. The second-order valence-corrected chi connectivity index (χ2v) is 7.84. The largest absolute Gasteiger partial charge is 0.338 e. The maximum atomic E-state index is 13.0. The van der Waals surface area contributed by atoms with Crippen LogP contribution in [0.15, 0.2) is 30.7 Å². The van der Waals surface area contributed by atoms with Crippen molar-refractivity contribution in [3.05, 3.63) is 53.4 Å². The minimum absolute atomic E-state index is 0.0511. The van der Waals surface area contributed by atoms with Gasteiger partial charge < -0.3 is 9.80 Å². The van der Waals surface area contributed by atoms with Crippen molar-refractivity contribution in [3.8, 4) is 0 Å². The van der Waals surface area contributed by atoms with Crippen LogP contribution in [0.2, 0.25) is 0 Å². The van der Waals surface area contributed by atoms with Crippen LogP contribution >= 0.6 is 0 Å². The molecular weight excluding hydrogens is 366 g/mol. The predicted octanol–water partition coefficient (Wildman–Crippen LogP) is 2.46. The average molecular weight is 393 g/mol. The fourth-order valence-electron chi connectivity index (χ4n) is 4.20. The summed E-state index contributed by atoms with van der Waals surface area (Å²) in [6, 6.07) is 3.86. The van der Waals surface area contributed by atoms with Gasteiger partial charge in [-0.25, -0.2) is 9.97 Å². The number of rotatable bonds is 4. The highest BCUT2D eigenvalue weighted by molar-refractivity contribution is 5.77. The van der Waals surface area contributed by atoms with E-state index in [1.165, 1.54) is 0 Å². The van der Waals surface area contributed by atoms with E-state index in [0.717, 1.165) is 61.3 Å². The summed E-state index contributed by atoms with van der Waals surface area (Å²) in [4.78, 5) is 41.9. The Morgan fingerprint density at radius 1 is 1.17 bits per heavy atom. The Bertz CT molecular complexity index is 886. The van der Waals surface area contributed by atoms with E-state index in [0.29, 0.717) is 19.5 Å². The van der Waals surface area contributed by atoms with E-state index in [1.807, 2.05) is 28.1 Å². The molecule has 0 radical (unpaired) electrons. The van der Waals surface area contributed by atoms with Crippen LogP contribution in [0.4, 0.5) is 0 Å². The molecule has 0 spiro atoms. The molecule has 4 heterocycles. The summed E-state index contributed by atoms with van der Waals surface area (Å²) in [6.45, 7) is 3.62. The van der Waals surface area contributed by atoms with E-state index in [9.17, 15) is 9.59 Å². The Morgan fingerprint density at radius 3 is 2.79 bits per heavy atom. The first-order valence-electron chi connectivity index (χ1n) is 10.4. The number of nitrogens with zero attached hydrogens (tertiary/aromatic N) is 5. The second kappa shape index (κ2) is 8.68. The Hall–Kier alpha value is -2.83. The molecule has 29 heavy (non-hydrogen) atoms. The molecule has 0 aliphatic carbocycles. The van der Waals surface area contributed by atoms with Crippen LogP contribution in [0.3, 0.4) is 0 Å². The van der Waals surface area contributed by atoms with Crippen molar-refractivity contribution in [3.63, 3.8) is 0 Å². The number of hydrogen-bond donors (Lipinski definition) is 0. The number of carbonyl (C=O) groups is 2. The predicted molar refractivity (Wildman–Crippen MR) is 108 cm³/mol. The quantitative estimate of drug-likeness (QED) is 0.797. The van der Waals surface area contributed by atoms with Crippen LogP contribution in [0.25, 0.3) is 0 Å². The van der Waals surface area contributed by atoms with Gasteiger partial charge >= 0.3 is 0 Å².